The molecule has 8 heteroatoms. The highest BCUT2D eigenvalue weighted by Crippen LogP contribution is 2.12. The van der Waals surface area contributed by atoms with Crippen molar-refractivity contribution < 1.29 is 19.5 Å². The molecule has 2 amide bonds. The molecule has 0 aliphatic carbocycles. The molecule has 0 aliphatic rings. The number of amides is 2. The number of nitrogens with one attached hydrogen (secondary N) is 2. The fourth-order valence-corrected chi connectivity index (χ4v) is 3.01. The zero-order chi connectivity index (χ0) is 21.5. The Kier molecular flexibility index (Phi) is 14.6. The molecule has 0 saturated heterocycles. The first-order chi connectivity index (χ1) is 13.3. The second kappa shape index (κ2) is 15.4. The Hall–Kier alpha value is -1.51. The zero-order valence-electron chi connectivity index (χ0n) is 17.7. The maximum atomic E-state index is 12.5. The molecule has 0 saturated carbocycles. The van der Waals surface area contributed by atoms with Crippen LogP contribution in [-0.4, -0.2) is 54.0 Å². The Bertz CT molecular complexity index is 471. The zero-order valence-corrected chi connectivity index (χ0v) is 17.7. The number of unbranched alkanes of at least 4 members (excludes halogenated alkanes) is 5. The van der Waals surface area contributed by atoms with Crippen LogP contribution in [0.4, 0.5) is 0 Å². The molecular weight excluding hydrogens is 360 g/mol. The summed E-state index contributed by atoms with van der Waals surface area (Å²) in [6, 6.07) is -1.88. The fourth-order valence-electron chi connectivity index (χ4n) is 3.01. The Morgan fingerprint density at radius 3 is 2.04 bits per heavy atom. The minimum Gasteiger partial charge on any atom is -0.391 e. The molecule has 0 spiro atoms. The topological polar surface area (TPSA) is 148 Å². The average molecular weight is 401 g/mol. The van der Waals surface area contributed by atoms with Gasteiger partial charge < -0.3 is 27.2 Å². The van der Waals surface area contributed by atoms with E-state index in [4.69, 9.17) is 11.5 Å². The maximum absolute atomic E-state index is 12.5. The third-order valence-electron chi connectivity index (χ3n) is 4.89. The van der Waals surface area contributed by atoms with Crippen molar-refractivity contribution in [3.8, 4) is 0 Å². The molecule has 0 aromatic rings. The Morgan fingerprint density at radius 2 is 1.54 bits per heavy atom. The van der Waals surface area contributed by atoms with Crippen molar-refractivity contribution >= 4 is 17.6 Å². The van der Waals surface area contributed by atoms with Gasteiger partial charge in [0.1, 0.15) is 6.04 Å². The smallest absolute Gasteiger partial charge is 0.245 e. The first-order valence-electron chi connectivity index (χ1n) is 10.5. The van der Waals surface area contributed by atoms with Crippen LogP contribution in [0.5, 0.6) is 0 Å². The van der Waals surface area contributed by atoms with E-state index in [1.807, 2.05) is 0 Å². The largest absolute Gasteiger partial charge is 0.391 e. The molecule has 0 fully saturated rings. The highest BCUT2D eigenvalue weighted by Gasteiger charge is 2.30. The minimum atomic E-state index is -1.15. The van der Waals surface area contributed by atoms with Gasteiger partial charge in [0.15, 0.2) is 5.78 Å². The Balaban J connectivity index is 4.71. The van der Waals surface area contributed by atoms with Crippen LogP contribution in [0.15, 0.2) is 0 Å². The Morgan fingerprint density at radius 1 is 0.929 bits per heavy atom. The average Bonchev–Trinajstić information content (AvgIpc) is 2.64. The molecule has 0 aliphatic heterocycles. The van der Waals surface area contributed by atoms with Crippen molar-refractivity contribution in [2.24, 2.45) is 17.4 Å². The fraction of sp³-hybridized carbons (Fsp3) is 0.850. The van der Waals surface area contributed by atoms with Crippen LogP contribution in [0.3, 0.4) is 0 Å². The highest BCUT2D eigenvalue weighted by atomic mass is 16.3. The van der Waals surface area contributed by atoms with Gasteiger partial charge >= 0.3 is 0 Å². The highest BCUT2D eigenvalue weighted by molar-refractivity contribution is 5.92. The van der Waals surface area contributed by atoms with Gasteiger partial charge in [-0.15, -0.1) is 0 Å². The second-order valence-corrected chi connectivity index (χ2v) is 7.47. The van der Waals surface area contributed by atoms with Crippen LogP contribution in [0.1, 0.15) is 72.1 Å². The lowest BCUT2D eigenvalue weighted by atomic mass is 9.98. The van der Waals surface area contributed by atoms with Gasteiger partial charge in [0.25, 0.3) is 0 Å². The second-order valence-electron chi connectivity index (χ2n) is 7.47. The molecule has 0 rings (SSSR count). The summed E-state index contributed by atoms with van der Waals surface area (Å²) in [5.74, 6) is -1.59. The molecule has 28 heavy (non-hydrogen) atoms. The summed E-state index contributed by atoms with van der Waals surface area (Å²) in [4.78, 5) is 36.6. The van der Waals surface area contributed by atoms with E-state index in [1.165, 1.54) is 33.1 Å². The van der Waals surface area contributed by atoms with Crippen LogP contribution >= 0.6 is 0 Å². The van der Waals surface area contributed by atoms with Crippen LogP contribution < -0.4 is 22.1 Å². The summed E-state index contributed by atoms with van der Waals surface area (Å²) in [6.45, 7) is 5.36. The van der Waals surface area contributed by atoms with E-state index < -0.39 is 30.0 Å². The number of rotatable bonds is 16. The van der Waals surface area contributed by atoms with E-state index in [0.717, 1.165) is 19.3 Å². The molecule has 0 heterocycles. The van der Waals surface area contributed by atoms with Gasteiger partial charge in [0.05, 0.1) is 18.1 Å². The monoisotopic (exact) mass is 400 g/mol. The minimum absolute atomic E-state index is 0.179. The van der Waals surface area contributed by atoms with Gasteiger partial charge in [-0.25, -0.2) is 0 Å². The number of hydrogen-bond acceptors (Lipinski definition) is 6. The maximum Gasteiger partial charge on any atom is 0.245 e. The number of Topliss-reactive ketones (excluding diaryl/α,β-unsaturated/α-hetero) is 1. The normalized spacial score (nSPS) is 15.4. The van der Waals surface area contributed by atoms with Crippen molar-refractivity contribution in [3.05, 3.63) is 0 Å². The number of ketones is 1. The van der Waals surface area contributed by atoms with Crippen molar-refractivity contribution in [2.45, 2.75) is 90.3 Å². The number of carbonyl (C=O) groups is 3. The first-order valence-corrected chi connectivity index (χ1v) is 10.5. The summed E-state index contributed by atoms with van der Waals surface area (Å²) in [6.07, 6.45) is 6.51. The number of carbonyl (C=O) groups excluding carboxylic acids is 3. The van der Waals surface area contributed by atoms with Gasteiger partial charge in [-0.05, 0) is 33.2 Å². The molecule has 1 unspecified atom stereocenters. The standard InChI is InChI=1S/C20H40N4O4/c1-4-5-6-7-8-9-10-16(13-22)19(27)24-18(15(3)26)20(28)23-17(11-12-21)14(2)25/h15-18,26H,4-13,21-22H2,1-3H3,(H,23,28)(H,24,27)/t15-,16?,17-,18-/m0/s1. The molecule has 0 radical (unpaired) electrons. The van der Waals surface area contributed by atoms with E-state index in [-0.39, 0.29) is 24.8 Å². The number of aliphatic hydroxyl groups excluding tert-OH is 1. The summed E-state index contributed by atoms with van der Waals surface area (Å²) in [5, 5.41) is 15.1. The van der Waals surface area contributed by atoms with Crippen LogP contribution in [0.25, 0.3) is 0 Å². The molecule has 0 aromatic carbocycles. The lowest BCUT2D eigenvalue weighted by Crippen LogP contribution is -2.57. The van der Waals surface area contributed by atoms with Crippen LogP contribution in [0.2, 0.25) is 0 Å². The van der Waals surface area contributed by atoms with Gasteiger partial charge in [-0.2, -0.15) is 0 Å². The molecule has 164 valence electrons. The SMILES string of the molecule is CCCCCCCCC(CN)C(=O)N[C@H](C(=O)N[C@@H](CCN)C(C)=O)[C@H](C)O. The summed E-state index contributed by atoms with van der Waals surface area (Å²) in [5.41, 5.74) is 11.2. The van der Waals surface area contributed by atoms with Gasteiger partial charge in [0.2, 0.25) is 11.8 Å². The third-order valence-corrected chi connectivity index (χ3v) is 4.89. The summed E-state index contributed by atoms with van der Waals surface area (Å²) in [7, 11) is 0. The third kappa shape index (κ3) is 10.7. The lowest BCUT2D eigenvalue weighted by Gasteiger charge is -2.25. The van der Waals surface area contributed by atoms with Gasteiger partial charge in [0, 0.05) is 6.54 Å². The van der Waals surface area contributed by atoms with E-state index in [9.17, 15) is 19.5 Å². The lowest BCUT2D eigenvalue weighted by molar-refractivity contribution is -0.135. The number of nitrogens with two attached hydrogens (primary N) is 2. The molecule has 7 N–H and O–H groups in total. The number of hydrogen-bond donors (Lipinski definition) is 5. The van der Waals surface area contributed by atoms with Crippen LogP contribution in [0, 0.1) is 5.92 Å². The van der Waals surface area contributed by atoms with Gasteiger partial charge in [-0.1, -0.05) is 45.4 Å². The van der Waals surface area contributed by atoms with E-state index in [1.54, 1.807) is 0 Å². The van der Waals surface area contributed by atoms with Crippen molar-refractivity contribution in [1.82, 2.24) is 10.6 Å². The van der Waals surface area contributed by atoms with E-state index in [2.05, 4.69) is 17.6 Å². The molecule has 8 nitrogen and oxygen atoms in total. The van der Waals surface area contributed by atoms with E-state index in [0.29, 0.717) is 12.8 Å². The molecule has 0 aromatic heterocycles. The van der Waals surface area contributed by atoms with Crippen molar-refractivity contribution in [3.63, 3.8) is 0 Å². The van der Waals surface area contributed by atoms with Crippen molar-refractivity contribution in [1.29, 1.82) is 0 Å². The number of aliphatic hydroxyl groups is 1. The quantitative estimate of drug-likeness (QED) is 0.240. The molecule has 4 atom stereocenters. The Labute approximate surface area is 169 Å². The van der Waals surface area contributed by atoms with E-state index >= 15 is 0 Å². The van der Waals surface area contributed by atoms with Gasteiger partial charge in [-0.3, -0.25) is 14.4 Å². The summed E-state index contributed by atoms with van der Waals surface area (Å²) >= 11 is 0. The summed E-state index contributed by atoms with van der Waals surface area (Å²) < 4.78 is 0. The predicted molar refractivity (Wildman–Crippen MR) is 110 cm³/mol. The molecule has 0 bridgehead atoms. The predicted octanol–water partition coefficient (Wildman–Crippen LogP) is 0.600. The first kappa shape index (κ1) is 26.5. The van der Waals surface area contributed by atoms with Crippen molar-refractivity contribution in [2.75, 3.05) is 13.1 Å². The van der Waals surface area contributed by atoms with Crippen LogP contribution in [-0.2, 0) is 14.4 Å². The molecular formula is C20H40N4O4.